The second-order valence-electron chi connectivity index (χ2n) is 7.67. The van der Waals surface area contributed by atoms with Gasteiger partial charge in [-0.25, -0.2) is 19.3 Å². The maximum absolute atomic E-state index is 13.0. The Kier molecular flexibility index (Phi) is 4.36. The summed E-state index contributed by atoms with van der Waals surface area (Å²) in [6.07, 6.45) is 2.95. The molecule has 3 aromatic heterocycles. The van der Waals surface area contributed by atoms with Crippen LogP contribution in [0, 0.1) is 13.8 Å². The van der Waals surface area contributed by atoms with Crippen molar-refractivity contribution in [2.24, 2.45) is 0 Å². The zero-order valence-electron chi connectivity index (χ0n) is 16.4. The number of halogens is 2. The van der Waals surface area contributed by atoms with Gasteiger partial charge in [0.2, 0.25) is 5.88 Å². The summed E-state index contributed by atoms with van der Waals surface area (Å²) in [5, 5.41) is 7.27. The summed E-state index contributed by atoms with van der Waals surface area (Å²) in [4.78, 5) is 22.8. The summed E-state index contributed by atoms with van der Waals surface area (Å²) < 4.78 is 30.9. The molecule has 1 aliphatic heterocycles. The normalized spacial score (nSPS) is 15.1. The third kappa shape index (κ3) is 3.34. The molecular weight excluding hydrogens is 382 g/mol. The molecule has 0 saturated heterocycles. The summed E-state index contributed by atoms with van der Waals surface area (Å²) in [6.45, 7) is 5.03. The molecule has 0 atom stereocenters. The summed E-state index contributed by atoms with van der Waals surface area (Å²) in [6, 6.07) is 3.05. The Morgan fingerprint density at radius 1 is 1.24 bits per heavy atom. The number of nitrogens with one attached hydrogen (secondary N) is 1. The number of rotatable bonds is 3. The maximum Gasteiger partial charge on any atom is 0.388 e. The van der Waals surface area contributed by atoms with Gasteiger partial charge in [-0.2, -0.15) is 13.9 Å². The largest absolute Gasteiger partial charge is 0.417 e. The molecule has 3 aromatic rings. The van der Waals surface area contributed by atoms with Gasteiger partial charge in [-0.15, -0.1) is 0 Å². The average Bonchev–Trinajstić information content (AvgIpc) is 3.13. The second-order valence-corrected chi connectivity index (χ2v) is 7.67. The molecular formula is C19H20F2N6O2. The molecule has 0 saturated carbocycles. The lowest BCUT2D eigenvalue weighted by molar-refractivity contribution is -0.0533. The predicted octanol–water partition coefficient (Wildman–Crippen LogP) is 3.67. The zero-order valence-corrected chi connectivity index (χ0v) is 16.4. The van der Waals surface area contributed by atoms with Crippen molar-refractivity contribution in [1.82, 2.24) is 19.6 Å². The number of urea groups is 1. The van der Waals surface area contributed by atoms with E-state index in [0.717, 1.165) is 17.0 Å². The summed E-state index contributed by atoms with van der Waals surface area (Å²) in [5.41, 5.74) is 3.58. The Labute approximate surface area is 165 Å². The fourth-order valence-corrected chi connectivity index (χ4v) is 3.64. The van der Waals surface area contributed by atoms with E-state index in [-0.39, 0.29) is 17.3 Å². The van der Waals surface area contributed by atoms with Crippen LogP contribution in [0.1, 0.15) is 30.8 Å². The lowest BCUT2D eigenvalue weighted by Gasteiger charge is -2.21. The Morgan fingerprint density at radius 2 is 2.00 bits per heavy atom. The lowest BCUT2D eigenvalue weighted by Crippen LogP contribution is -2.37. The fraction of sp³-hybridized carbons (Fsp3) is 0.368. The van der Waals surface area contributed by atoms with E-state index in [1.807, 2.05) is 26.8 Å². The van der Waals surface area contributed by atoms with E-state index < -0.39 is 6.61 Å². The molecule has 29 heavy (non-hydrogen) atoms. The van der Waals surface area contributed by atoms with Gasteiger partial charge in [-0.05, 0) is 19.9 Å². The van der Waals surface area contributed by atoms with Gasteiger partial charge in [0.25, 0.3) is 0 Å². The molecule has 2 amide bonds. The van der Waals surface area contributed by atoms with E-state index in [2.05, 4.69) is 25.1 Å². The molecule has 0 spiro atoms. The van der Waals surface area contributed by atoms with Gasteiger partial charge in [0.1, 0.15) is 0 Å². The zero-order chi connectivity index (χ0) is 20.9. The Hall–Kier alpha value is -3.30. The number of aryl methyl sites for hydroxylation is 2. The number of anilines is 2. The first kappa shape index (κ1) is 19.0. The van der Waals surface area contributed by atoms with Crippen molar-refractivity contribution in [3.63, 3.8) is 0 Å². The Balaban J connectivity index is 1.63. The van der Waals surface area contributed by atoms with E-state index in [1.165, 1.54) is 12.3 Å². The van der Waals surface area contributed by atoms with Gasteiger partial charge < -0.3 is 10.1 Å². The lowest BCUT2D eigenvalue weighted by atomic mass is 9.91. The SMILES string of the molecule is Cc1cc2ncc3c(n2n1)C(C)(C)CN3C(=O)Nc1cnc(OC(F)F)c(C)c1. The number of fused-ring (bicyclic) bond motifs is 3. The maximum atomic E-state index is 13.0. The second kappa shape index (κ2) is 6.64. The van der Waals surface area contributed by atoms with Gasteiger partial charge in [-0.1, -0.05) is 13.8 Å². The number of nitrogens with zero attached hydrogens (tertiary/aromatic N) is 5. The van der Waals surface area contributed by atoms with E-state index in [0.29, 0.717) is 23.5 Å². The van der Waals surface area contributed by atoms with Crippen LogP contribution in [-0.2, 0) is 5.41 Å². The molecule has 8 nitrogen and oxygen atoms in total. The molecule has 4 heterocycles. The van der Waals surface area contributed by atoms with E-state index >= 15 is 0 Å². The van der Waals surface area contributed by atoms with Crippen LogP contribution in [0.3, 0.4) is 0 Å². The summed E-state index contributed by atoms with van der Waals surface area (Å²) >= 11 is 0. The highest BCUT2D eigenvalue weighted by Crippen LogP contribution is 2.40. The topological polar surface area (TPSA) is 84.7 Å². The number of hydrogen-bond acceptors (Lipinski definition) is 5. The van der Waals surface area contributed by atoms with Gasteiger partial charge in [-0.3, -0.25) is 4.90 Å². The number of ether oxygens (including phenoxy) is 1. The molecule has 0 unspecified atom stereocenters. The highest BCUT2D eigenvalue weighted by Gasteiger charge is 2.41. The van der Waals surface area contributed by atoms with Crippen molar-refractivity contribution < 1.29 is 18.3 Å². The third-order valence-corrected chi connectivity index (χ3v) is 4.80. The number of amides is 2. The molecule has 10 heteroatoms. The molecule has 0 radical (unpaired) electrons. The van der Waals surface area contributed by atoms with Crippen molar-refractivity contribution >= 4 is 23.1 Å². The Bertz CT molecular complexity index is 1110. The minimum absolute atomic E-state index is 0.175. The number of alkyl halides is 2. The number of aromatic nitrogens is 4. The van der Waals surface area contributed by atoms with Crippen LogP contribution < -0.4 is 15.0 Å². The quantitative estimate of drug-likeness (QED) is 0.723. The van der Waals surface area contributed by atoms with Crippen LogP contribution in [-0.4, -0.2) is 38.8 Å². The standard InChI is InChI=1S/C19H20F2N6O2/c1-10-5-12(7-23-16(10)29-17(20)21)24-18(28)26-9-19(3,4)15-13(26)8-22-14-6-11(2)25-27(14)15/h5-8,17H,9H2,1-4H3,(H,24,28). The van der Waals surface area contributed by atoms with Crippen LogP contribution in [0.25, 0.3) is 5.65 Å². The smallest absolute Gasteiger partial charge is 0.388 e. The molecule has 0 fully saturated rings. The minimum atomic E-state index is -2.96. The predicted molar refractivity (Wildman–Crippen MR) is 103 cm³/mol. The number of hydrogen-bond donors (Lipinski definition) is 1. The van der Waals surface area contributed by atoms with Gasteiger partial charge in [0.05, 0.1) is 35.2 Å². The number of carbonyl (C=O) groups is 1. The van der Waals surface area contributed by atoms with Crippen molar-refractivity contribution in [1.29, 1.82) is 0 Å². The van der Waals surface area contributed by atoms with Crippen molar-refractivity contribution in [3.8, 4) is 5.88 Å². The van der Waals surface area contributed by atoms with Crippen molar-refractivity contribution in [3.05, 3.63) is 41.5 Å². The number of pyridine rings is 1. The molecule has 4 rings (SSSR count). The number of carbonyl (C=O) groups excluding carboxylic acids is 1. The molecule has 0 bridgehead atoms. The third-order valence-electron chi connectivity index (χ3n) is 4.80. The van der Waals surface area contributed by atoms with Crippen LogP contribution >= 0.6 is 0 Å². The van der Waals surface area contributed by atoms with E-state index in [9.17, 15) is 13.6 Å². The van der Waals surface area contributed by atoms with E-state index in [4.69, 9.17) is 0 Å². The monoisotopic (exact) mass is 402 g/mol. The minimum Gasteiger partial charge on any atom is -0.417 e. The van der Waals surface area contributed by atoms with Gasteiger partial charge >= 0.3 is 12.6 Å². The average molecular weight is 402 g/mol. The van der Waals surface area contributed by atoms with Crippen LogP contribution in [0.2, 0.25) is 0 Å². The van der Waals surface area contributed by atoms with Gasteiger partial charge in [0.15, 0.2) is 5.65 Å². The highest BCUT2D eigenvalue weighted by atomic mass is 19.3. The molecule has 0 aliphatic carbocycles. The molecule has 0 aromatic carbocycles. The Morgan fingerprint density at radius 3 is 2.69 bits per heavy atom. The van der Waals surface area contributed by atoms with Gasteiger partial charge in [0, 0.05) is 23.6 Å². The fourth-order valence-electron chi connectivity index (χ4n) is 3.64. The summed E-state index contributed by atoms with van der Waals surface area (Å²) in [7, 11) is 0. The van der Waals surface area contributed by atoms with Crippen LogP contribution in [0.4, 0.5) is 25.0 Å². The first-order chi connectivity index (χ1) is 13.7. The molecule has 1 aliphatic rings. The van der Waals surface area contributed by atoms with Crippen molar-refractivity contribution in [2.45, 2.75) is 39.7 Å². The highest BCUT2D eigenvalue weighted by molar-refractivity contribution is 6.03. The van der Waals surface area contributed by atoms with Crippen LogP contribution in [0.15, 0.2) is 24.5 Å². The van der Waals surface area contributed by atoms with E-state index in [1.54, 1.807) is 22.5 Å². The first-order valence-corrected chi connectivity index (χ1v) is 9.01. The summed E-state index contributed by atoms with van der Waals surface area (Å²) in [5.74, 6) is -0.175. The first-order valence-electron chi connectivity index (χ1n) is 9.01. The van der Waals surface area contributed by atoms with Crippen molar-refractivity contribution in [2.75, 3.05) is 16.8 Å². The molecule has 152 valence electrons. The molecule has 1 N–H and O–H groups in total. The van der Waals surface area contributed by atoms with Crippen LogP contribution in [0.5, 0.6) is 5.88 Å².